The number of nitrogens with zero attached hydrogens (tertiary/aromatic N) is 2. The van der Waals surface area contributed by atoms with Crippen LogP contribution in [0.15, 0.2) is 48.5 Å². The van der Waals surface area contributed by atoms with Crippen molar-refractivity contribution in [1.29, 1.82) is 0 Å². The Kier molecular flexibility index (Phi) is 6.06. The molecule has 2 aromatic rings. The largest absolute Gasteiger partial charge is 0.298 e. The number of nitrogens with one attached hydrogen (secondary N) is 3. The summed E-state index contributed by atoms with van der Waals surface area (Å²) >= 11 is 4.87. The Hall–Kier alpha value is -3.93. The topological polar surface area (TPSA) is 157 Å². The van der Waals surface area contributed by atoms with E-state index in [-0.39, 0.29) is 27.6 Å². The fraction of sp³-hybridized carbons (Fsp3) is 0. The average Bonchev–Trinajstić information content (AvgIpc) is 2.66. The normalized spacial score (nSPS) is 9.78. The molecule has 0 aliphatic heterocycles. The molecule has 2 amide bonds. The van der Waals surface area contributed by atoms with Crippen molar-refractivity contribution in [3.8, 4) is 0 Å². The number of non-ortho nitro benzene ring substituents is 2. The van der Waals surface area contributed by atoms with Gasteiger partial charge >= 0.3 is 0 Å². The molecule has 11 nitrogen and oxygen atoms in total. The molecular weight excluding hydrogens is 378 g/mol. The molecule has 0 heterocycles. The third kappa shape index (κ3) is 5.27. The first-order valence-corrected chi connectivity index (χ1v) is 7.59. The van der Waals surface area contributed by atoms with Crippen LogP contribution < -0.4 is 16.2 Å². The predicted molar refractivity (Wildman–Crippen MR) is 96.9 cm³/mol. The first-order chi connectivity index (χ1) is 12.8. The summed E-state index contributed by atoms with van der Waals surface area (Å²) in [6.07, 6.45) is 0. The lowest BCUT2D eigenvalue weighted by atomic mass is 10.2. The fourth-order valence-electron chi connectivity index (χ4n) is 1.86. The first kappa shape index (κ1) is 19.4. The first-order valence-electron chi connectivity index (χ1n) is 7.18. The van der Waals surface area contributed by atoms with Crippen molar-refractivity contribution in [3.63, 3.8) is 0 Å². The molecule has 27 heavy (non-hydrogen) atoms. The van der Waals surface area contributed by atoms with Crippen molar-refractivity contribution in [3.05, 3.63) is 79.9 Å². The second-order valence-corrected chi connectivity index (χ2v) is 5.38. The molecule has 0 aliphatic carbocycles. The number of hydrogen-bond acceptors (Lipinski definition) is 7. The molecule has 0 atom stereocenters. The summed E-state index contributed by atoms with van der Waals surface area (Å²) in [5.41, 5.74) is 4.47. The van der Waals surface area contributed by atoms with Crippen molar-refractivity contribution >= 4 is 40.5 Å². The number of nitro groups is 2. The van der Waals surface area contributed by atoms with Crippen LogP contribution in [0.3, 0.4) is 0 Å². The summed E-state index contributed by atoms with van der Waals surface area (Å²) < 4.78 is 0. The molecule has 0 aromatic heterocycles. The Morgan fingerprint density at radius 2 is 1.15 bits per heavy atom. The summed E-state index contributed by atoms with van der Waals surface area (Å²) in [6, 6.07) is 9.70. The SMILES string of the molecule is O=C(NNC(=S)NC(=O)c1ccc([N+](=O)[O-])cc1)c1ccc([N+](=O)[O-])cc1. The van der Waals surface area contributed by atoms with Gasteiger partial charge in [-0.05, 0) is 36.5 Å². The van der Waals surface area contributed by atoms with Gasteiger partial charge in [-0.15, -0.1) is 0 Å². The maximum Gasteiger partial charge on any atom is 0.269 e. The molecule has 138 valence electrons. The lowest BCUT2D eigenvalue weighted by Gasteiger charge is -2.10. The minimum atomic E-state index is -0.632. The van der Waals surface area contributed by atoms with E-state index < -0.39 is 21.7 Å². The van der Waals surface area contributed by atoms with Gasteiger partial charge < -0.3 is 0 Å². The number of rotatable bonds is 4. The van der Waals surface area contributed by atoms with Crippen LogP contribution in [0.25, 0.3) is 0 Å². The minimum absolute atomic E-state index is 0.131. The maximum atomic E-state index is 12.0. The van der Waals surface area contributed by atoms with Crippen molar-refractivity contribution in [2.24, 2.45) is 0 Å². The smallest absolute Gasteiger partial charge is 0.269 e. The average molecular weight is 389 g/mol. The minimum Gasteiger partial charge on any atom is -0.298 e. The Bertz CT molecular complexity index is 913. The molecule has 12 heteroatoms. The maximum absolute atomic E-state index is 12.0. The molecule has 2 aromatic carbocycles. The third-order valence-corrected chi connectivity index (χ3v) is 3.40. The summed E-state index contributed by atoms with van der Waals surface area (Å²) in [4.78, 5) is 43.8. The molecular formula is C15H11N5O6S. The Morgan fingerprint density at radius 3 is 1.56 bits per heavy atom. The van der Waals surface area contributed by atoms with Crippen LogP contribution in [0.2, 0.25) is 0 Å². The van der Waals surface area contributed by atoms with E-state index in [9.17, 15) is 29.8 Å². The zero-order valence-corrected chi connectivity index (χ0v) is 14.2. The number of nitro benzene ring substituents is 2. The number of carbonyl (C=O) groups excluding carboxylic acids is 2. The monoisotopic (exact) mass is 389 g/mol. The van der Waals surface area contributed by atoms with Gasteiger partial charge in [-0.1, -0.05) is 0 Å². The summed E-state index contributed by atoms with van der Waals surface area (Å²) in [7, 11) is 0. The van der Waals surface area contributed by atoms with Crippen LogP contribution in [0.1, 0.15) is 20.7 Å². The molecule has 0 spiro atoms. The summed E-state index contributed by atoms with van der Waals surface area (Å²) in [5, 5.41) is 23.2. The number of benzene rings is 2. The van der Waals surface area contributed by atoms with Crippen molar-refractivity contribution in [2.45, 2.75) is 0 Å². The van der Waals surface area contributed by atoms with Gasteiger partial charge in [0, 0.05) is 35.4 Å². The predicted octanol–water partition coefficient (Wildman–Crippen LogP) is 1.45. The van der Waals surface area contributed by atoms with Crippen LogP contribution in [0.5, 0.6) is 0 Å². The standard InChI is InChI=1S/C15H11N5O6S/c21-13(9-1-5-11(6-2-9)19(23)24)16-15(27)18-17-14(22)10-3-7-12(8-4-10)20(25)26/h1-8H,(H,17,22)(H2,16,18,21,27). The van der Waals surface area contributed by atoms with Crippen LogP contribution in [0, 0.1) is 20.2 Å². The van der Waals surface area contributed by atoms with E-state index in [1.165, 1.54) is 48.5 Å². The highest BCUT2D eigenvalue weighted by Crippen LogP contribution is 2.12. The van der Waals surface area contributed by atoms with Crippen LogP contribution >= 0.6 is 12.2 Å². The Labute approximate surface area is 156 Å². The molecule has 2 rings (SSSR count). The highest BCUT2D eigenvalue weighted by molar-refractivity contribution is 7.80. The van der Waals surface area contributed by atoms with E-state index in [0.29, 0.717) is 0 Å². The van der Waals surface area contributed by atoms with Crippen molar-refractivity contribution < 1.29 is 19.4 Å². The van der Waals surface area contributed by atoms with Gasteiger partial charge in [-0.2, -0.15) is 0 Å². The zero-order chi connectivity index (χ0) is 20.0. The molecule has 0 radical (unpaired) electrons. The van der Waals surface area contributed by atoms with Gasteiger partial charge in [-0.25, -0.2) is 0 Å². The van der Waals surface area contributed by atoms with Gasteiger partial charge in [0.05, 0.1) is 9.85 Å². The molecule has 0 saturated heterocycles. The molecule has 0 saturated carbocycles. The third-order valence-electron chi connectivity index (χ3n) is 3.20. The quantitative estimate of drug-likeness (QED) is 0.403. The summed E-state index contributed by atoms with van der Waals surface area (Å²) in [6.45, 7) is 0. The van der Waals surface area contributed by atoms with E-state index in [4.69, 9.17) is 12.2 Å². The number of hydrogen-bond donors (Lipinski definition) is 3. The second kappa shape index (κ2) is 8.44. The van der Waals surface area contributed by atoms with Crippen LogP contribution in [-0.4, -0.2) is 26.8 Å². The summed E-state index contributed by atoms with van der Waals surface area (Å²) in [5.74, 6) is -1.26. The van der Waals surface area contributed by atoms with Gasteiger partial charge in [0.25, 0.3) is 23.2 Å². The Morgan fingerprint density at radius 1 is 0.741 bits per heavy atom. The molecule has 0 unspecified atom stereocenters. The Balaban J connectivity index is 1.87. The number of hydrazine groups is 1. The molecule has 0 bridgehead atoms. The van der Waals surface area contributed by atoms with Crippen molar-refractivity contribution in [2.75, 3.05) is 0 Å². The lowest BCUT2D eigenvalue weighted by Crippen LogP contribution is -2.48. The van der Waals surface area contributed by atoms with E-state index in [2.05, 4.69) is 16.2 Å². The van der Waals surface area contributed by atoms with Crippen molar-refractivity contribution in [1.82, 2.24) is 16.2 Å². The van der Waals surface area contributed by atoms with E-state index in [0.717, 1.165) is 0 Å². The number of thiocarbonyl (C=S) groups is 1. The highest BCUT2D eigenvalue weighted by atomic mass is 32.1. The molecule has 0 aliphatic rings. The zero-order valence-electron chi connectivity index (χ0n) is 13.4. The van der Waals surface area contributed by atoms with Gasteiger partial charge in [0.2, 0.25) is 0 Å². The molecule has 3 N–H and O–H groups in total. The van der Waals surface area contributed by atoms with E-state index in [1.54, 1.807) is 0 Å². The fourth-order valence-corrected chi connectivity index (χ4v) is 2.01. The van der Waals surface area contributed by atoms with Gasteiger partial charge in [0.15, 0.2) is 5.11 Å². The number of amides is 2. The van der Waals surface area contributed by atoms with Crippen LogP contribution in [-0.2, 0) is 0 Å². The van der Waals surface area contributed by atoms with Gasteiger partial charge in [-0.3, -0.25) is 46.0 Å². The highest BCUT2D eigenvalue weighted by Gasteiger charge is 2.12. The number of carbonyl (C=O) groups is 2. The second-order valence-electron chi connectivity index (χ2n) is 4.97. The van der Waals surface area contributed by atoms with Crippen LogP contribution in [0.4, 0.5) is 11.4 Å². The lowest BCUT2D eigenvalue weighted by molar-refractivity contribution is -0.385. The van der Waals surface area contributed by atoms with E-state index in [1.807, 2.05) is 0 Å². The van der Waals surface area contributed by atoms with Gasteiger partial charge in [0.1, 0.15) is 0 Å². The van der Waals surface area contributed by atoms with E-state index >= 15 is 0 Å². The molecule has 0 fully saturated rings.